The van der Waals surface area contributed by atoms with Crippen LogP contribution in [0, 0.1) is 22.7 Å². The van der Waals surface area contributed by atoms with Crippen LogP contribution in [0.25, 0.3) is 0 Å². The van der Waals surface area contributed by atoms with Crippen molar-refractivity contribution in [2.75, 3.05) is 19.8 Å². The van der Waals surface area contributed by atoms with E-state index in [0.717, 1.165) is 19.4 Å². The normalized spacial score (nSPS) is 30.9. The van der Waals surface area contributed by atoms with Gasteiger partial charge in [0.25, 0.3) is 0 Å². The second-order valence-corrected chi connectivity index (χ2v) is 10.2. The Hall–Kier alpha value is -0.910. The van der Waals surface area contributed by atoms with E-state index in [-0.39, 0.29) is 24.4 Å². The van der Waals surface area contributed by atoms with Crippen molar-refractivity contribution in [3.63, 3.8) is 0 Å². The average Bonchev–Trinajstić information content (AvgIpc) is 3.21. The van der Waals surface area contributed by atoms with Gasteiger partial charge in [0, 0.05) is 17.4 Å². The quantitative estimate of drug-likeness (QED) is 0.369. The van der Waals surface area contributed by atoms with E-state index in [0.29, 0.717) is 24.5 Å². The first-order valence-corrected chi connectivity index (χ1v) is 11.3. The minimum atomic E-state index is -0.421. The molecule has 0 aromatic rings. The minimum absolute atomic E-state index is 0.0307. The number of rotatable bonds is 10. The average molecular weight is 411 g/mol. The Balaban J connectivity index is 1.93. The van der Waals surface area contributed by atoms with Gasteiger partial charge in [0.05, 0.1) is 25.4 Å². The van der Waals surface area contributed by atoms with Gasteiger partial charge in [-0.3, -0.25) is 0 Å². The molecule has 0 bridgehead atoms. The number of hydrogen-bond donors (Lipinski definition) is 0. The van der Waals surface area contributed by atoms with E-state index in [9.17, 15) is 4.79 Å². The highest BCUT2D eigenvalue weighted by Gasteiger charge is 2.46. The summed E-state index contributed by atoms with van der Waals surface area (Å²) in [7, 11) is 0. The van der Waals surface area contributed by atoms with Gasteiger partial charge in [0.15, 0.2) is 6.29 Å². The lowest BCUT2D eigenvalue weighted by Gasteiger charge is -2.45. The van der Waals surface area contributed by atoms with Crippen LogP contribution >= 0.6 is 0 Å². The minimum Gasteiger partial charge on any atom is -0.462 e. The molecule has 0 spiro atoms. The predicted octanol–water partition coefficient (Wildman–Crippen LogP) is 5.13. The summed E-state index contributed by atoms with van der Waals surface area (Å²) in [5.41, 5.74) is -0.216. The largest absolute Gasteiger partial charge is 0.462 e. The fraction of sp³-hybridized carbons (Fsp3) is 0.875. The lowest BCUT2D eigenvalue weighted by atomic mass is 9.71. The maximum absolute atomic E-state index is 11.4. The lowest BCUT2D eigenvalue weighted by Crippen LogP contribution is -2.47. The molecule has 168 valence electrons. The van der Waals surface area contributed by atoms with E-state index in [1.807, 2.05) is 13.8 Å². The van der Waals surface area contributed by atoms with Gasteiger partial charge in [-0.25, -0.2) is 4.79 Å². The lowest BCUT2D eigenvalue weighted by molar-refractivity contribution is -0.177. The molecule has 2 heterocycles. The highest BCUT2D eigenvalue weighted by Crippen LogP contribution is 2.43. The summed E-state index contributed by atoms with van der Waals surface area (Å²) in [4.78, 5) is 11.4. The highest BCUT2D eigenvalue weighted by atomic mass is 16.7. The third-order valence-corrected chi connectivity index (χ3v) is 6.62. The zero-order chi connectivity index (χ0) is 21.7. The molecule has 0 saturated carbocycles. The van der Waals surface area contributed by atoms with Crippen LogP contribution in [0.4, 0.5) is 0 Å². The summed E-state index contributed by atoms with van der Waals surface area (Å²) in [6, 6.07) is 0. The van der Waals surface area contributed by atoms with Crippen LogP contribution in [-0.4, -0.2) is 44.3 Å². The molecule has 5 unspecified atom stereocenters. The second kappa shape index (κ2) is 10.4. The topological polar surface area (TPSA) is 54.0 Å². The van der Waals surface area contributed by atoms with Crippen molar-refractivity contribution in [2.45, 2.75) is 92.1 Å². The molecule has 0 N–H and O–H groups in total. The summed E-state index contributed by atoms with van der Waals surface area (Å²) < 4.78 is 24.0. The summed E-state index contributed by atoms with van der Waals surface area (Å²) in [6.07, 6.45) is 7.05. The van der Waals surface area contributed by atoms with Gasteiger partial charge in [-0.15, -0.1) is 0 Å². The first-order valence-electron chi connectivity index (χ1n) is 11.3. The Morgan fingerprint density at radius 3 is 2.48 bits per heavy atom. The Morgan fingerprint density at radius 2 is 1.86 bits per heavy atom. The zero-order valence-electron chi connectivity index (χ0n) is 19.4. The van der Waals surface area contributed by atoms with Gasteiger partial charge < -0.3 is 18.9 Å². The van der Waals surface area contributed by atoms with Crippen LogP contribution in [-0.2, 0) is 23.7 Å². The molecule has 5 heteroatoms. The predicted molar refractivity (Wildman–Crippen MR) is 114 cm³/mol. The number of hydrogen-bond acceptors (Lipinski definition) is 5. The molecule has 0 amide bonds. The van der Waals surface area contributed by atoms with E-state index >= 15 is 0 Å². The van der Waals surface area contributed by atoms with E-state index < -0.39 is 11.4 Å². The molecular weight excluding hydrogens is 368 g/mol. The fourth-order valence-corrected chi connectivity index (χ4v) is 4.68. The third-order valence-electron chi connectivity index (χ3n) is 6.62. The van der Waals surface area contributed by atoms with Crippen LogP contribution in [0.1, 0.15) is 73.6 Å². The molecule has 5 nitrogen and oxygen atoms in total. The van der Waals surface area contributed by atoms with Crippen molar-refractivity contribution in [1.29, 1.82) is 0 Å². The van der Waals surface area contributed by atoms with Gasteiger partial charge in [-0.05, 0) is 24.2 Å². The van der Waals surface area contributed by atoms with Gasteiger partial charge in [0.2, 0.25) is 0 Å². The van der Waals surface area contributed by atoms with E-state index in [1.54, 1.807) is 0 Å². The fourth-order valence-electron chi connectivity index (χ4n) is 4.68. The summed E-state index contributed by atoms with van der Waals surface area (Å²) in [5.74, 6) is 0.468. The molecule has 0 aromatic carbocycles. The molecule has 2 aliphatic rings. The number of carbonyl (C=O) groups is 1. The second-order valence-electron chi connectivity index (χ2n) is 10.2. The van der Waals surface area contributed by atoms with Crippen LogP contribution in [0.15, 0.2) is 12.7 Å². The molecule has 2 rings (SSSR count). The van der Waals surface area contributed by atoms with Crippen molar-refractivity contribution in [3.8, 4) is 0 Å². The summed E-state index contributed by atoms with van der Waals surface area (Å²) in [6.45, 7) is 18.2. The first kappa shape index (κ1) is 24.4. The number of ether oxygens (including phenoxy) is 4. The number of carbonyl (C=O) groups excluding carboxylic acids is 1. The summed E-state index contributed by atoms with van der Waals surface area (Å²) >= 11 is 0. The van der Waals surface area contributed by atoms with Crippen molar-refractivity contribution >= 4 is 5.97 Å². The summed E-state index contributed by atoms with van der Waals surface area (Å²) in [5, 5.41) is 0. The molecular formula is C24H42O5. The van der Waals surface area contributed by atoms with Crippen molar-refractivity contribution in [1.82, 2.24) is 0 Å². The SMILES string of the molecule is C=CC(=O)OCC(C)(C)C1OCC(C2COC(C(C)(C)CCCC)C(CC)C2)O1. The first-order chi connectivity index (χ1) is 13.6. The van der Waals surface area contributed by atoms with E-state index in [2.05, 4.69) is 34.3 Å². The van der Waals surface area contributed by atoms with Gasteiger partial charge in [-0.2, -0.15) is 0 Å². The number of unbranched alkanes of at least 4 members (excludes halogenated alkanes) is 1. The number of esters is 1. The molecule has 2 saturated heterocycles. The van der Waals surface area contributed by atoms with Gasteiger partial charge in [-0.1, -0.05) is 67.4 Å². The Labute approximate surface area is 177 Å². The van der Waals surface area contributed by atoms with Gasteiger partial charge >= 0.3 is 5.97 Å². The van der Waals surface area contributed by atoms with Crippen LogP contribution < -0.4 is 0 Å². The molecule has 2 fully saturated rings. The third kappa shape index (κ3) is 6.28. The Bertz CT molecular complexity index is 541. The maximum Gasteiger partial charge on any atom is 0.330 e. The highest BCUT2D eigenvalue weighted by molar-refractivity contribution is 5.81. The van der Waals surface area contributed by atoms with Crippen molar-refractivity contribution in [3.05, 3.63) is 12.7 Å². The molecule has 0 aromatic heterocycles. The Kier molecular flexibility index (Phi) is 8.74. The van der Waals surface area contributed by atoms with Crippen molar-refractivity contribution in [2.24, 2.45) is 22.7 Å². The molecule has 0 radical (unpaired) electrons. The standard InChI is InChI=1S/C24H42O5/c1-8-11-12-23(4,5)21-17(9-2)13-18(14-26-21)19-15-27-22(29-19)24(6,7)16-28-20(25)10-3/h10,17-19,21-22H,3,8-9,11-16H2,1-2,4-7H3. The van der Waals surface area contributed by atoms with Gasteiger partial charge in [0.1, 0.15) is 6.61 Å². The van der Waals surface area contributed by atoms with E-state index in [1.165, 1.54) is 25.3 Å². The van der Waals surface area contributed by atoms with Crippen LogP contribution in [0.3, 0.4) is 0 Å². The van der Waals surface area contributed by atoms with E-state index in [4.69, 9.17) is 18.9 Å². The zero-order valence-corrected chi connectivity index (χ0v) is 19.4. The van der Waals surface area contributed by atoms with Crippen LogP contribution in [0.2, 0.25) is 0 Å². The van der Waals surface area contributed by atoms with Crippen LogP contribution in [0.5, 0.6) is 0 Å². The Morgan fingerprint density at radius 1 is 1.14 bits per heavy atom. The monoisotopic (exact) mass is 410 g/mol. The molecule has 29 heavy (non-hydrogen) atoms. The molecule has 0 aliphatic carbocycles. The molecule has 5 atom stereocenters. The van der Waals surface area contributed by atoms with Crippen molar-refractivity contribution < 1.29 is 23.7 Å². The molecule has 2 aliphatic heterocycles. The maximum atomic E-state index is 11.4. The smallest absolute Gasteiger partial charge is 0.330 e.